The number of benzene rings is 1. The summed E-state index contributed by atoms with van der Waals surface area (Å²) in [6, 6.07) is 11.7. The van der Waals surface area contributed by atoms with Crippen LogP contribution in [0.5, 0.6) is 0 Å². The van der Waals surface area contributed by atoms with E-state index in [0.717, 1.165) is 18.5 Å². The Labute approximate surface area is 118 Å². The van der Waals surface area contributed by atoms with Gasteiger partial charge in [-0.1, -0.05) is 30.3 Å². The monoisotopic (exact) mass is 272 g/mol. The van der Waals surface area contributed by atoms with Gasteiger partial charge in [-0.2, -0.15) is 0 Å². The van der Waals surface area contributed by atoms with E-state index in [-0.39, 0.29) is 17.4 Å². The Bertz CT molecular complexity index is 625. The van der Waals surface area contributed by atoms with E-state index >= 15 is 0 Å². The largest absolute Gasteiger partial charge is 0.300 e. The summed E-state index contributed by atoms with van der Waals surface area (Å²) in [6.45, 7) is 3.47. The van der Waals surface area contributed by atoms with Crippen molar-refractivity contribution < 1.29 is 4.79 Å². The van der Waals surface area contributed by atoms with Crippen molar-refractivity contribution in [2.75, 3.05) is 0 Å². The number of Topliss-reactive ketones (excluding diaryl/α,β-unsaturated/α-hetero) is 1. The number of aryl methyl sites for hydroxylation is 2. The third kappa shape index (κ3) is 3.70. The van der Waals surface area contributed by atoms with Crippen molar-refractivity contribution >= 4 is 5.78 Å². The molecule has 0 aliphatic heterocycles. The minimum absolute atomic E-state index is 0.00964. The Morgan fingerprint density at radius 3 is 2.55 bits per heavy atom. The lowest BCUT2D eigenvalue weighted by molar-refractivity contribution is -0.117. The van der Waals surface area contributed by atoms with Crippen LogP contribution in [0.15, 0.2) is 41.2 Å². The number of hydrogen-bond acceptors (Lipinski definition) is 2. The lowest BCUT2D eigenvalue weighted by atomic mass is 10.0. The zero-order chi connectivity index (χ0) is 14.5. The summed E-state index contributed by atoms with van der Waals surface area (Å²) in [6.07, 6.45) is 2.16. The Morgan fingerprint density at radius 2 is 2.00 bits per heavy atom. The van der Waals surface area contributed by atoms with Gasteiger partial charge in [-0.3, -0.25) is 19.4 Å². The average molecular weight is 272 g/mol. The van der Waals surface area contributed by atoms with E-state index in [0.29, 0.717) is 6.42 Å². The van der Waals surface area contributed by atoms with Gasteiger partial charge in [0.1, 0.15) is 5.78 Å². The fraction of sp³-hybridized carbons (Fsp3) is 0.375. The third-order valence-corrected chi connectivity index (χ3v) is 3.45. The first-order valence-corrected chi connectivity index (χ1v) is 6.88. The molecule has 20 heavy (non-hydrogen) atoms. The van der Waals surface area contributed by atoms with Gasteiger partial charge >= 0.3 is 0 Å². The normalized spacial score (nSPS) is 12.3. The van der Waals surface area contributed by atoms with Gasteiger partial charge in [-0.15, -0.1) is 0 Å². The molecule has 0 bridgehead atoms. The highest BCUT2D eigenvalue weighted by Crippen LogP contribution is 2.19. The highest BCUT2D eigenvalue weighted by molar-refractivity contribution is 5.75. The molecule has 0 amide bonds. The lowest BCUT2D eigenvalue weighted by Gasteiger charge is -2.19. The summed E-state index contributed by atoms with van der Waals surface area (Å²) >= 11 is 0. The fourth-order valence-corrected chi connectivity index (χ4v) is 2.51. The summed E-state index contributed by atoms with van der Waals surface area (Å²) in [5, 5.41) is 2.79. The van der Waals surface area contributed by atoms with Crippen LogP contribution in [0, 0.1) is 6.92 Å². The van der Waals surface area contributed by atoms with E-state index in [1.807, 2.05) is 29.8 Å². The summed E-state index contributed by atoms with van der Waals surface area (Å²) in [4.78, 5) is 22.9. The number of nitrogens with zero attached hydrogens (tertiary/aromatic N) is 1. The summed E-state index contributed by atoms with van der Waals surface area (Å²) in [7, 11) is 0. The molecule has 106 valence electrons. The number of hydrogen-bond donors (Lipinski definition) is 1. The third-order valence-electron chi connectivity index (χ3n) is 3.45. The summed E-state index contributed by atoms with van der Waals surface area (Å²) < 4.78 is 1.83. The average Bonchev–Trinajstić information content (AvgIpc) is 2.74. The van der Waals surface area contributed by atoms with E-state index in [1.54, 1.807) is 13.0 Å². The van der Waals surface area contributed by atoms with Gasteiger partial charge in [0.05, 0.1) is 6.04 Å². The molecule has 1 atom stereocenters. The molecule has 0 unspecified atom stereocenters. The van der Waals surface area contributed by atoms with Crippen molar-refractivity contribution in [1.29, 1.82) is 0 Å². The molecule has 1 heterocycles. The molecule has 0 saturated heterocycles. The molecule has 2 aromatic rings. The number of carbonyl (C=O) groups is 1. The Kier molecular flexibility index (Phi) is 4.56. The predicted octanol–water partition coefficient (Wildman–Crippen LogP) is 2.64. The number of nitrogens with one attached hydrogen (secondary N) is 1. The molecule has 0 aliphatic carbocycles. The predicted molar refractivity (Wildman–Crippen MR) is 78.9 cm³/mol. The summed E-state index contributed by atoms with van der Waals surface area (Å²) in [5.74, 6) is 0.136. The molecule has 4 heteroatoms. The number of aromatic amines is 1. The van der Waals surface area contributed by atoms with Crippen LogP contribution >= 0.6 is 0 Å². The zero-order valence-corrected chi connectivity index (χ0v) is 11.9. The second-order valence-corrected chi connectivity index (χ2v) is 5.22. The molecule has 0 saturated carbocycles. The Balaban J connectivity index is 2.14. The molecule has 1 aromatic carbocycles. The van der Waals surface area contributed by atoms with Crippen molar-refractivity contribution in [2.45, 2.75) is 39.2 Å². The SMILES string of the molecule is CC(=O)C[C@@H](CCc1ccccc1)n1[nH]c(=O)cc1C. The van der Waals surface area contributed by atoms with E-state index in [4.69, 9.17) is 0 Å². The van der Waals surface area contributed by atoms with Crippen LogP contribution in [0.25, 0.3) is 0 Å². The van der Waals surface area contributed by atoms with Gasteiger partial charge < -0.3 is 0 Å². The van der Waals surface area contributed by atoms with Crippen molar-refractivity contribution in [3.05, 3.63) is 58.0 Å². The van der Waals surface area contributed by atoms with Crippen molar-refractivity contribution in [1.82, 2.24) is 9.78 Å². The summed E-state index contributed by atoms with van der Waals surface area (Å²) in [5.41, 5.74) is 2.00. The number of ketones is 1. The minimum atomic E-state index is -0.115. The van der Waals surface area contributed by atoms with Crippen LogP contribution in [-0.4, -0.2) is 15.6 Å². The van der Waals surface area contributed by atoms with Crippen molar-refractivity contribution in [3.8, 4) is 0 Å². The molecule has 0 spiro atoms. The van der Waals surface area contributed by atoms with Crippen LogP contribution in [-0.2, 0) is 11.2 Å². The minimum Gasteiger partial charge on any atom is -0.300 e. The van der Waals surface area contributed by atoms with Gasteiger partial charge in [0, 0.05) is 18.2 Å². The first-order chi connectivity index (χ1) is 9.56. The number of H-pyrrole nitrogens is 1. The number of rotatable bonds is 6. The highest BCUT2D eigenvalue weighted by Gasteiger charge is 2.16. The van der Waals surface area contributed by atoms with Crippen molar-refractivity contribution in [3.63, 3.8) is 0 Å². The lowest BCUT2D eigenvalue weighted by Crippen LogP contribution is -2.18. The van der Waals surface area contributed by atoms with Crippen LogP contribution in [0.3, 0.4) is 0 Å². The molecule has 2 rings (SSSR count). The van der Waals surface area contributed by atoms with Crippen LogP contribution in [0.4, 0.5) is 0 Å². The maximum absolute atomic E-state index is 11.5. The molecule has 0 aliphatic rings. The van der Waals surface area contributed by atoms with Gasteiger partial charge in [0.15, 0.2) is 0 Å². The maximum Gasteiger partial charge on any atom is 0.264 e. The van der Waals surface area contributed by atoms with Gasteiger partial charge in [-0.05, 0) is 32.3 Å². The number of carbonyl (C=O) groups excluding carboxylic acids is 1. The van der Waals surface area contributed by atoms with Gasteiger partial charge in [-0.25, -0.2) is 0 Å². The second-order valence-electron chi connectivity index (χ2n) is 5.22. The van der Waals surface area contributed by atoms with Gasteiger partial charge in [0.25, 0.3) is 5.56 Å². The van der Waals surface area contributed by atoms with Gasteiger partial charge in [0.2, 0.25) is 0 Å². The first-order valence-electron chi connectivity index (χ1n) is 6.88. The van der Waals surface area contributed by atoms with E-state index in [1.165, 1.54) is 5.56 Å². The fourth-order valence-electron chi connectivity index (χ4n) is 2.51. The first kappa shape index (κ1) is 14.3. The van der Waals surface area contributed by atoms with E-state index in [2.05, 4.69) is 17.2 Å². The molecule has 0 fully saturated rings. The maximum atomic E-state index is 11.5. The molecule has 4 nitrogen and oxygen atoms in total. The molecule has 1 N–H and O–H groups in total. The zero-order valence-electron chi connectivity index (χ0n) is 11.9. The van der Waals surface area contributed by atoms with Crippen LogP contribution in [0.1, 0.15) is 37.1 Å². The molecule has 0 radical (unpaired) electrons. The number of aromatic nitrogens is 2. The van der Waals surface area contributed by atoms with E-state index in [9.17, 15) is 9.59 Å². The smallest absolute Gasteiger partial charge is 0.264 e. The van der Waals surface area contributed by atoms with Crippen LogP contribution in [0.2, 0.25) is 0 Å². The standard InChI is InChI=1S/C16H20N2O2/c1-12-10-16(20)17-18(12)15(11-13(2)19)9-8-14-6-4-3-5-7-14/h3-7,10,15H,8-9,11H2,1-2H3,(H,17,20)/t15-/m1/s1. The quantitative estimate of drug-likeness (QED) is 0.879. The second kappa shape index (κ2) is 6.37. The highest BCUT2D eigenvalue weighted by atomic mass is 16.1. The van der Waals surface area contributed by atoms with Crippen LogP contribution < -0.4 is 5.56 Å². The van der Waals surface area contributed by atoms with Crippen molar-refractivity contribution in [2.24, 2.45) is 0 Å². The molecule has 1 aromatic heterocycles. The molecular weight excluding hydrogens is 252 g/mol. The molecular formula is C16H20N2O2. The topological polar surface area (TPSA) is 54.9 Å². The Hall–Kier alpha value is -2.10. The van der Waals surface area contributed by atoms with E-state index < -0.39 is 0 Å². The Morgan fingerprint density at radius 1 is 1.30 bits per heavy atom.